The smallest absolute Gasteiger partial charge is 0.258 e. The zero-order chi connectivity index (χ0) is 28.4. The topological polar surface area (TPSA) is 109 Å². The lowest BCUT2D eigenvalue weighted by molar-refractivity contribution is -0.384. The Morgan fingerprint density at radius 1 is 1.05 bits per heavy atom. The minimum Gasteiger partial charge on any atom is -0.258 e. The van der Waals surface area contributed by atoms with Gasteiger partial charge >= 0.3 is 0 Å². The molecule has 0 N–H and O–H groups in total. The molecule has 9 nitrogen and oxygen atoms in total. The molecule has 0 bridgehead atoms. The van der Waals surface area contributed by atoms with E-state index in [9.17, 15) is 22.9 Å². The SMILES string of the molecule is CCN(CC)S(=O)(=O)c1ccc(-c2csc(N3N=C(c4cccc([N+](=O)[O-])c4)C[C@H]3c3ccc(F)cc3)n2)cc1. The molecule has 4 aromatic rings. The minimum absolute atomic E-state index is 0.0278. The largest absolute Gasteiger partial charge is 0.270 e. The van der Waals surface area contributed by atoms with Crippen molar-refractivity contribution >= 4 is 37.9 Å². The molecule has 40 heavy (non-hydrogen) atoms. The molecule has 206 valence electrons. The number of halogens is 1. The van der Waals surface area contributed by atoms with Crippen LogP contribution in [0.25, 0.3) is 11.3 Å². The molecule has 0 radical (unpaired) electrons. The minimum atomic E-state index is -3.57. The van der Waals surface area contributed by atoms with Gasteiger partial charge in [0, 0.05) is 48.2 Å². The molecular formula is C28H26FN5O4S2. The third kappa shape index (κ3) is 5.37. The number of hydrogen-bond donors (Lipinski definition) is 0. The maximum Gasteiger partial charge on any atom is 0.270 e. The summed E-state index contributed by atoms with van der Waals surface area (Å²) in [6.45, 7) is 4.38. The molecule has 0 aliphatic carbocycles. The van der Waals surface area contributed by atoms with Crippen LogP contribution >= 0.6 is 11.3 Å². The van der Waals surface area contributed by atoms with Crippen molar-refractivity contribution in [2.45, 2.75) is 31.2 Å². The average Bonchev–Trinajstić information content (AvgIpc) is 3.62. The van der Waals surface area contributed by atoms with Crippen LogP contribution in [0.1, 0.15) is 37.4 Å². The lowest BCUT2D eigenvalue weighted by atomic mass is 9.98. The van der Waals surface area contributed by atoms with E-state index in [-0.39, 0.29) is 22.4 Å². The van der Waals surface area contributed by atoms with Crippen LogP contribution in [0.3, 0.4) is 0 Å². The number of aromatic nitrogens is 1. The number of benzene rings is 3. The molecule has 1 aromatic heterocycles. The lowest BCUT2D eigenvalue weighted by Crippen LogP contribution is -2.30. The van der Waals surface area contributed by atoms with E-state index in [1.807, 2.05) is 5.38 Å². The molecule has 0 saturated heterocycles. The van der Waals surface area contributed by atoms with Crippen LogP contribution in [-0.2, 0) is 10.0 Å². The number of nitro groups is 1. The molecule has 0 fully saturated rings. The van der Waals surface area contributed by atoms with Crippen LogP contribution in [0.5, 0.6) is 0 Å². The summed E-state index contributed by atoms with van der Waals surface area (Å²) in [5.74, 6) is -0.351. The summed E-state index contributed by atoms with van der Waals surface area (Å²) in [6.07, 6.45) is 0.444. The summed E-state index contributed by atoms with van der Waals surface area (Å²) in [4.78, 5) is 15.9. The second-order valence-corrected chi connectivity index (χ2v) is 11.9. The van der Waals surface area contributed by atoms with E-state index in [1.165, 1.54) is 39.9 Å². The molecule has 3 aromatic carbocycles. The zero-order valence-electron chi connectivity index (χ0n) is 21.8. The molecule has 1 aliphatic rings. The Bertz CT molecular complexity index is 1670. The first-order valence-electron chi connectivity index (χ1n) is 12.6. The van der Waals surface area contributed by atoms with E-state index in [4.69, 9.17) is 10.1 Å². The van der Waals surface area contributed by atoms with Gasteiger partial charge in [-0.1, -0.05) is 50.2 Å². The Kier molecular flexibility index (Phi) is 7.74. The number of hydrogen-bond acceptors (Lipinski definition) is 8. The van der Waals surface area contributed by atoms with Gasteiger partial charge in [0.1, 0.15) is 5.82 Å². The molecule has 0 unspecified atom stereocenters. The second kappa shape index (κ2) is 11.2. The average molecular weight is 580 g/mol. The van der Waals surface area contributed by atoms with Crippen molar-refractivity contribution in [3.63, 3.8) is 0 Å². The molecule has 5 rings (SSSR count). The maximum atomic E-state index is 13.7. The van der Waals surface area contributed by atoms with E-state index in [0.717, 1.165) is 11.1 Å². The highest BCUT2D eigenvalue weighted by molar-refractivity contribution is 7.89. The van der Waals surface area contributed by atoms with Crippen LogP contribution < -0.4 is 5.01 Å². The van der Waals surface area contributed by atoms with Crippen molar-refractivity contribution in [3.05, 3.63) is 105 Å². The first-order chi connectivity index (χ1) is 19.2. The molecule has 1 atom stereocenters. The predicted molar refractivity (Wildman–Crippen MR) is 154 cm³/mol. The number of non-ortho nitro benzene ring substituents is 1. The molecule has 0 amide bonds. The summed E-state index contributed by atoms with van der Waals surface area (Å²) in [7, 11) is -3.57. The quantitative estimate of drug-likeness (QED) is 0.171. The Balaban J connectivity index is 1.48. The first kappa shape index (κ1) is 27.6. The summed E-state index contributed by atoms with van der Waals surface area (Å²) < 4.78 is 40.8. The van der Waals surface area contributed by atoms with E-state index in [1.54, 1.807) is 67.4 Å². The van der Waals surface area contributed by atoms with E-state index >= 15 is 0 Å². The van der Waals surface area contributed by atoms with Gasteiger partial charge in [0.15, 0.2) is 0 Å². The van der Waals surface area contributed by atoms with Crippen molar-refractivity contribution in [1.82, 2.24) is 9.29 Å². The van der Waals surface area contributed by atoms with Crippen molar-refractivity contribution in [2.24, 2.45) is 5.10 Å². The van der Waals surface area contributed by atoms with E-state index in [2.05, 4.69) is 0 Å². The zero-order valence-corrected chi connectivity index (χ0v) is 23.4. The molecule has 1 aliphatic heterocycles. The van der Waals surface area contributed by atoms with Gasteiger partial charge in [-0.05, 0) is 29.8 Å². The van der Waals surface area contributed by atoms with Crippen molar-refractivity contribution in [1.29, 1.82) is 0 Å². The maximum absolute atomic E-state index is 13.7. The summed E-state index contributed by atoms with van der Waals surface area (Å²) in [5.41, 5.74) is 3.49. The van der Waals surface area contributed by atoms with Crippen LogP contribution in [0.2, 0.25) is 0 Å². The van der Waals surface area contributed by atoms with Crippen molar-refractivity contribution in [3.8, 4) is 11.3 Å². The Morgan fingerprint density at radius 2 is 1.75 bits per heavy atom. The van der Waals surface area contributed by atoms with Crippen LogP contribution in [-0.4, -0.2) is 41.4 Å². The van der Waals surface area contributed by atoms with E-state index < -0.39 is 14.9 Å². The third-order valence-corrected chi connectivity index (χ3v) is 9.63. The normalized spacial score (nSPS) is 15.4. The van der Waals surface area contributed by atoms with E-state index in [0.29, 0.717) is 41.6 Å². The van der Waals surface area contributed by atoms with Gasteiger partial charge in [-0.3, -0.25) is 10.1 Å². The fourth-order valence-electron chi connectivity index (χ4n) is 4.62. The highest BCUT2D eigenvalue weighted by atomic mass is 32.2. The number of rotatable bonds is 9. The monoisotopic (exact) mass is 579 g/mol. The van der Waals surface area contributed by atoms with Gasteiger partial charge in [0.2, 0.25) is 15.2 Å². The highest BCUT2D eigenvalue weighted by Gasteiger charge is 2.32. The van der Waals surface area contributed by atoms with Gasteiger partial charge in [0.05, 0.1) is 27.3 Å². The Morgan fingerprint density at radius 3 is 2.40 bits per heavy atom. The van der Waals surface area contributed by atoms with Crippen LogP contribution in [0.15, 0.2) is 88.2 Å². The number of nitro benzene ring substituents is 1. The molecule has 0 saturated carbocycles. The number of anilines is 1. The van der Waals surface area contributed by atoms with Gasteiger partial charge in [-0.15, -0.1) is 11.3 Å². The standard InChI is InChI=1S/C28H26FN5O4S2/c1-3-32(4-2)40(37,38)24-14-10-19(11-15-24)26-18-39-28(30-26)33-27(20-8-12-22(29)13-9-20)17-25(31-33)21-6-5-7-23(16-21)34(35)36/h5-16,18,27H,3-4,17H2,1-2H3/t27-/m0/s1. The number of hydrazone groups is 1. The second-order valence-electron chi connectivity index (χ2n) is 9.10. The molecular weight excluding hydrogens is 553 g/mol. The van der Waals surface area contributed by atoms with Crippen LogP contribution in [0.4, 0.5) is 15.2 Å². The predicted octanol–water partition coefficient (Wildman–Crippen LogP) is 6.24. The summed E-state index contributed by atoms with van der Waals surface area (Å²) in [6, 6.07) is 18.8. The summed E-state index contributed by atoms with van der Waals surface area (Å²) in [5, 5.41) is 20.3. The first-order valence-corrected chi connectivity index (χ1v) is 15.0. The van der Waals surface area contributed by atoms with Gasteiger partial charge in [-0.2, -0.15) is 9.41 Å². The summed E-state index contributed by atoms with van der Waals surface area (Å²) >= 11 is 1.37. The number of sulfonamides is 1. The molecule has 0 spiro atoms. The Labute approximate surface area is 235 Å². The van der Waals surface area contributed by atoms with Crippen molar-refractivity contribution in [2.75, 3.05) is 18.1 Å². The van der Waals surface area contributed by atoms with Gasteiger partial charge in [0.25, 0.3) is 5.69 Å². The van der Waals surface area contributed by atoms with Crippen LogP contribution in [0, 0.1) is 15.9 Å². The fraction of sp³-hybridized carbons (Fsp3) is 0.214. The van der Waals surface area contributed by atoms with Crippen molar-refractivity contribution < 1.29 is 17.7 Å². The lowest BCUT2D eigenvalue weighted by Gasteiger charge is -2.21. The Hall–Kier alpha value is -4.00. The third-order valence-electron chi connectivity index (χ3n) is 6.74. The molecule has 12 heteroatoms. The fourth-order valence-corrected chi connectivity index (χ4v) is 6.91. The number of nitrogens with zero attached hydrogens (tertiary/aromatic N) is 5. The number of thiazole rings is 1. The van der Waals surface area contributed by atoms with Gasteiger partial charge in [-0.25, -0.2) is 22.8 Å². The highest BCUT2D eigenvalue weighted by Crippen LogP contribution is 2.40. The molecule has 2 heterocycles. The van der Waals surface area contributed by atoms with Gasteiger partial charge < -0.3 is 0 Å².